The SMILES string of the molecule is Nc1nccnc1C(=O)OCC(=O)Nc1nnc(-c2ccccc2)o1. The molecule has 10 nitrogen and oxygen atoms in total. The predicted molar refractivity (Wildman–Crippen MR) is 85.1 cm³/mol. The Bertz CT molecular complexity index is 896. The fourth-order valence-electron chi connectivity index (χ4n) is 1.83. The van der Waals surface area contributed by atoms with Gasteiger partial charge in [0, 0.05) is 18.0 Å². The van der Waals surface area contributed by atoms with Crippen LogP contribution >= 0.6 is 0 Å². The number of anilines is 2. The van der Waals surface area contributed by atoms with E-state index in [0.29, 0.717) is 5.56 Å². The van der Waals surface area contributed by atoms with E-state index in [9.17, 15) is 9.59 Å². The lowest BCUT2D eigenvalue weighted by atomic mass is 10.2. The topological polar surface area (TPSA) is 146 Å². The summed E-state index contributed by atoms with van der Waals surface area (Å²) in [5, 5.41) is 9.85. The van der Waals surface area contributed by atoms with Gasteiger partial charge in [0.1, 0.15) is 0 Å². The summed E-state index contributed by atoms with van der Waals surface area (Å²) in [6, 6.07) is 8.93. The van der Waals surface area contributed by atoms with Crippen molar-refractivity contribution in [1.29, 1.82) is 0 Å². The van der Waals surface area contributed by atoms with Crippen molar-refractivity contribution in [3.8, 4) is 11.5 Å². The van der Waals surface area contributed by atoms with E-state index in [0.717, 1.165) is 0 Å². The molecule has 2 aromatic heterocycles. The minimum absolute atomic E-state index is 0.0858. The summed E-state index contributed by atoms with van der Waals surface area (Å²) in [4.78, 5) is 31.0. The van der Waals surface area contributed by atoms with Crippen LogP contribution in [0.1, 0.15) is 10.5 Å². The number of amides is 1. The Hall–Kier alpha value is -3.82. The maximum absolute atomic E-state index is 11.8. The number of carbonyl (C=O) groups excluding carboxylic acids is 2. The van der Waals surface area contributed by atoms with Crippen molar-refractivity contribution in [3.05, 3.63) is 48.4 Å². The smallest absolute Gasteiger partial charge is 0.361 e. The monoisotopic (exact) mass is 340 g/mol. The minimum atomic E-state index is -0.865. The van der Waals surface area contributed by atoms with Gasteiger partial charge >= 0.3 is 12.0 Å². The highest BCUT2D eigenvalue weighted by atomic mass is 16.5. The molecule has 3 N–H and O–H groups in total. The van der Waals surface area contributed by atoms with Crippen molar-refractivity contribution < 1.29 is 18.7 Å². The molecule has 25 heavy (non-hydrogen) atoms. The summed E-state index contributed by atoms with van der Waals surface area (Å²) in [6.45, 7) is -0.572. The number of nitrogens with zero attached hydrogens (tertiary/aromatic N) is 4. The molecule has 3 aromatic rings. The number of esters is 1. The van der Waals surface area contributed by atoms with E-state index in [-0.39, 0.29) is 23.4 Å². The Labute approximate surface area is 141 Å². The van der Waals surface area contributed by atoms with E-state index >= 15 is 0 Å². The Morgan fingerprint density at radius 2 is 1.88 bits per heavy atom. The molecule has 0 aliphatic heterocycles. The lowest BCUT2D eigenvalue weighted by Crippen LogP contribution is -2.22. The molecule has 0 aliphatic rings. The Morgan fingerprint density at radius 3 is 2.64 bits per heavy atom. The van der Waals surface area contributed by atoms with Crippen LogP contribution in [0.25, 0.3) is 11.5 Å². The molecule has 0 unspecified atom stereocenters. The number of nitrogens with two attached hydrogens (primary N) is 1. The van der Waals surface area contributed by atoms with Crippen LogP contribution in [0.3, 0.4) is 0 Å². The highest BCUT2D eigenvalue weighted by Gasteiger charge is 2.17. The first kappa shape index (κ1) is 16.1. The number of aromatic nitrogens is 4. The molecular formula is C15H12N6O4. The number of ether oxygens (including phenoxy) is 1. The average molecular weight is 340 g/mol. The number of benzene rings is 1. The Kier molecular flexibility index (Phi) is 4.60. The number of nitrogen functional groups attached to an aromatic ring is 1. The van der Waals surface area contributed by atoms with Crippen molar-refractivity contribution >= 4 is 23.7 Å². The molecule has 1 aromatic carbocycles. The molecule has 0 radical (unpaired) electrons. The first-order valence-electron chi connectivity index (χ1n) is 7.06. The third-order valence-electron chi connectivity index (χ3n) is 2.95. The van der Waals surface area contributed by atoms with E-state index in [1.54, 1.807) is 12.1 Å². The van der Waals surface area contributed by atoms with Crippen molar-refractivity contribution in [2.24, 2.45) is 0 Å². The molecule has 0 saturated carbocycles. The largest absolute Gasteiger partial charge is 0.451 e. The van der Waals surface area contributed by atoms with Crippen LogP contribution in [0.2, 0.25) is 0 Å². The second-order valence-corrected chi connectivity index (χ2v) is 4.69. The van der Waals surface area contributed by atoms with Gasteiger partial charge in [-0.15, -0.1) is 5.10 Å². The van der Waals surface area contributed by atoms with E-state index in [4.69, 9.17) is 14.9 Å². The van der Waals surface area contributed by atoms with Crippen molar-refractivity contribution in [3.63, 3.8) is 0 Å². The van der Waals surface area contributed by atoms with Crippen LogP contribution in [0.5, 0.6) is 0 Å². The van der Waals surface area contributed by atoms with Gasteiger partial charge in [0.15, 0.2) is 18.1 Å². The number of carbonyl (C=O) groups is 2. The molecule has 0 atom stereocenters. The summed E-state index contributed by atoms with van der Waals surface area (Å²) >= 11 is 0. The minimum Gasteiger partial charge on any atom is -0.451 e. The van der Waals surface area contributed by atoms with Crippen LogP contribution < -0.4 is 11.1 Å². The molecule has 0 bridgehead atoms. The molecule has 126 valence electrons. The lowest BCUT2D eigenvalue weighted by molar-refractivity contribution is -0.119. The van der Waals surface area contributed by atoms with Crippen LogP contribution in [-0.2, 0) is 9.53 Å². The van der Waals surface area contributed by atoms with Crippen LogP contribution in [0.15, 0.2) is 47.1 Å². The molecule has 2 heterocycles. The van der Waals surface area contributed by atoms with Gasteiger partial charge in [-0.1, -0.05) is 23.3 Å². The Morgan fingerprint density at radius 1 is 1.12 bits per heavy atom. The zero-order valence-corrected chi connectivity index (χ0v) is 12.7. The molecule has 3 rings (SSSR count). The number of nitrogens with one attached hydrogen (secondary N) is 1. The van der Waals surface area contributed by atoms with Gasteiger partial charge in [-0.2, -0.15) is 0 Å². The normalized spacial score (nSPS) is 10.2. The van der Waals surface area contributed by atoms with Crippen LogP contribution in [0.4, 0.5) is 11.8 Å². The molecule has 0 spiro atoms. The Balaban J connectivity index is 1.56. The van der Waals surface area contributed by atoms with Gasteiger partial charge in [0.05, 0.1) is 0 Å². The first-order valence-corrected chi connectivity index (χ1v) is 7.06. The van der Waals surface area contributed by atoms with E-state index in [2.05, 4.69) is 25.5 Å². The summed E-state index contributed by atoms with van der Waals surface area (Å²) in [5.74, 6) is -1.35. The van der Waals surface area contributed by atoms with E-state index in [1.807, 2.05) is 18.2 Å². The van der Waals surface area contributed by atoms with Crippen LogP contribution in [-0.4, -0.2) is 38.6 Å². The third kappa shape index (κ3) is 3.93. The van der Waals surface area contributed by atoms with Gasteiger partial charge in [-0.05, 0) is 12.1 Å². The molecule has 10 heteroatoms. The highest BCUT2D eigenvalue weighted by molar-refractivity contribution is 5.95. The maximum Gasteiger partial charge on any atom is 0.361 e. The van der Waals surface area contributed by atoms with Crippen molar-refractivity contribution in [2.45, 2.75) is 0 Å². The molecule has 0 saturated heterocycles. The molecule has 0 fully saturated rings. The first-order chi connectivity index (χ1) is 12.1. The standard InChI is InChI=1S/C15H12N6O4/c16-12-11(17-6-7-18-12)14(23)24-8-10(22)19-15-21-20-13(25-15)9-4-2-1-3-5-9/h1-7H,8H2,(H2,16,18)(H,19,21,22). The van der Waals surface area contributed by atoms with Gasteiger partial charge in [0.25, 0.3) is 5.91 Å². The van der Waals surface area contributed by atoms with Gasteiger partial charge in [0.2, 0.25) is 5.89 Å². The summed E-state index contributed by atoms with van der Waals surface area (Å²) in [6.07, 6.45) is 2.62. The van der Waals surface area contributed by atoms with Gasteiger partial charge < -0.3 is 14.9 Å². The summed E-state index contributed by atoms with van der Waals surface area (Å²) < 4.78 is 10.1. The number of hydrogen-bond donors (Lipinski definition) is 2. The van der Waals surface area contributed by atoms with Crippen molar-refractivity contribution in [1.82, 2.24) is 20.2 Å². The number of hydrogen-bond acceptors (Lipinski definition) is 9. The second-order valence-electron chi connectivity index (χ2n) is 4.69. The maximum atomic E-state index is 11.8. The van der Waals surface area contributed by atoms with E-state index in [1.165, 1.54) is 12.4 Å². The average Bonchev–Trinajstić information content (AvgIpc) is 3.09. The molecular weight excluding hydrogens is 328 g/mol. The second kappa shape index (κ2) is 7.17. The summed E-state index contributed by atoms with van der Waals surface area (Å²) in [5.41, 5.74) is 6.04. The fourth-order valence-corrected chi connectivity index (χ4v) is 1.83. The van der Waals surface area contributed by atoms with Gasteiger partial charge in [-0.3, -0.25) is 10.1 Å². The van der Waals surface area contributed by atoms with Gasteiger partial charge in [-0.25, -0.2) is 14.8 Å². The zero-order chi connectivity index (χ0) is 17.6. The van der Waals surface area contributed by atoms with E-state index < -0.39 is 18.5 Å². The third-order valence-corrected chi connectivity index (χ3v) is 2.95. The molecule has 1 amide bonds. The fraction of sp³-hybridized carbons (Fsp3) is 0.0667. The van der Waals surface area contributed by atoms with Crippen molar-refractivity contribution in [2.75, 3.05) is 17.7 Å². The number of rotatable bonds is 5. The zero-order valence-electron chi connectivity index (χ0n) is 12.7. The molecule has 0 aliphatic carbocycles. The summed E-state index contributed by atoms with van der Waals surface area (Å²) in [7, 11) is 0. The predicted octanol–water partition coefficient (Wildman–Crippen LogP) is 0.904. The highest BCUT2D eigenvalue weighted by Crippen LogP contribution is 2.18. The lowest BCUT2D eigenvalue weighted by Gasteiger charge is -2.04. The quantitative estimate of drug-likeness (QED) is 0.647. The van der Waals surface area contributed by atoms with Crippen LogP contribution in [0, 0.1) is 0 Å².